The maximum absolute atomic E-state index is 12.5. The largest absolute Gasteiger partial charge is 0.454 e. The number of carbonyl (C=O) groups is 2. The summed E-state index contributed by atoms with van der Waals surface area (Å²) in [6, 6.07) is 15.6. The normalized spacial score (nSPS) is 15.6. The smallest absolute Gasteiger partial charge is 0.313 e. The van der Waals surface area contributed by atoms with Crippen molar-refractivity contribution in [1.82, 2.24) is 10.2 Å². The van der Waals surface area contributed by atoms with E-state index < -0.39 is 11.8 Å². The Labute approximate surface area is 190 Å². The molecule has 0 radical (unpaired) electrons. The Morgan fingerprint density at radius 3 is 2.72 bits per heavy atom. The Balaban J connectivity index is 1.23. The van der Waals surface area contributed by atoms with E-state index in [0.29, 0.717) is 23.7 Å². The first-order chi connectivity index (χ1) is 15.7. The van der Waals surface area contributed by atoms with Crippen LogP contribution in [0.25, 0.3) is 0 Å². The Morgan fingerprint density at radius 1 is 1.03 bits per heavy atom. The van der Waals surface area contributed by atoms with Crippen LogP contribution in [0.15, 0.2) is 59.3 Å². The summed E-state index contributed by atoms with van der Waals surface area (Å²) in [4.78, 5) is 27.3. The molecule has 1 atom stereocenters. The molecule has 32 heavy (non-hydrogen) atoms. The zero-order chi connectivity index (χ0) is 21.9. The third-order valence-electron chi connectivity index (χ3n) is 5.82. The lowest BCUT2D eigenvalue weighted by Gasteiger charge is -2.35. The van der Waals surface area contributed by atoms with Crippen LogP contribution >= 0.6 is 11.3 Å². The summed E-state index contributed by atoms with van der Waals surface area (Å²) in [7, 11) is 0. The van der Waals surface area contributed by atoms with Crippen LogP contribution in [0.1, 0.15) is 22.7 Å². The van der Waals surface area contributed by atoms with Gasteiger partial charge in [-0.05, 0) is 52.1 Å². The van der Waals surface area contributed by atoms with Gasteiger partial charge >= 0.3 is 11.8 Å². The molecule has 2 aliphatic rings. The average molecular weight is 450 g/mol. The van der Waals surface area contributed by atoms with Crippen molar-refractivity contribution in [3.05, 3.63) is 76.0 Å². The zero-order valence-corrected chi connectivity index (χ0v) is 18.2. The van der Waals surface area contributed by atoms with E-state index in [1.807, 2.05) is 5.38 Å². The van der Waals surface area contributed by atoms with Crippen molar-refractivity contribution in [3.8, 4) is 11.5 Å². The molecule has 2 aromatic carbocycles. The zero-order valence-electron chi connectivity index (χ0n) is 17.4. The molecular weight excluding hydrogens is 426 g/mol. The number of hydrogen-bond donors (Lipinski definition) is 2. The molecule has 0 fully saturated rings. The van der Waals surface area contributed by atoms with Crippen LogP contribution in [0.3, 0.4) is 0 Å². The van der Waals surface area contributed by atoms with Crippen molar-refractivity contribution in [2.24, 2.45) is 0 Å². The summed E-state index contributed by atoms with van der Waals surface area (Å²) in [5.41, 5.74) is 4.31. The monoisotopic (exact) mass is 449 g/mol. The fraction of sp³-hybridized carbons (Fsp3) is 0.250. The molecule has 1 aromatic heterocycles. The molecule has 0 saturated heterocycles. The standard InChI is InChI=1S/C24H23N3O4S/c28-23(24(29)26-19-5-6-21-22(11-19)31-15-30-21)25-12-20(18-8-10-32-14-18)27-9-7-16-3-1-2-4-17(16)13-27/h1-6,8,10-11,14,20H,7,9,12-13,15H2,(H,25,28)(H,26,29)/t20-/m0/s1. The number of carbonyl (C=O) groups excluding carboxylic acids is 2. The van der Waals surface area contributed by atoms with Crippen molar-refractivity contribution >= 4 is 28.8 Å². The minimum Gasteiger partial charge on any atom is -0.454 e. The van der Waals surface area contributed by atoms with Gasteiger partial charge in [-0.15, -0.1) is 0 Å². The van der Waals surface area contributed by atoms with Crippen molar-refractivity contribution in [1.29, 1.82) is 0 Å². The van der Waals surface area contributed by atoms with Crippen LogP contribution in [0, 0.1) is 0 Å². The van der Waals surface area contributed by atoms with Gasteiger partial charge in [0, 0.05) is 31.4 Å². The summed E-state index contributed by atoms with van der Waals surface area (Å²) < 4.78 is 10.6. The van der Waals surface area contributed by atoms with Crippen LogP contribution in [0.4, 0.5) is 5.69 Å². The highest BCUT2D eigenvalue weighted by Gasteiger charge is 2.26. The van der Waals surface area contributed by atoms with Gasteiger partial charge in [0.25, 0.3) is 0 Å². The lowest BCUT2D eigenvalue weighted by Crippen LogP contribution is -2.43. The predicted molar refractivity (Wildman–Crippen MR) is 122 cm³/mol. The third-order valence-corrected chi connectivity index (χ3v) is 6.52. The highest BCUT2D eigenvalue weighted by Crippen LogP contribution is 2.34. The molecule has 0 spiro atoms. The second-order valence-electron chi connectivity index (χ2n) is 7.79. The molecular formula is C24H23N3O4S. The average Bonchev–Trinajstić information content (AvgIpc) is 3.51. The van der Waals surface area contributed by atoms with Gasteiger partial charge in [-0.3, -0.25) is 14.5 Å². The lowest BCUT2D eigenvalue weighted by atomic mass is 9.97. The number of fused-ring (bicyclic) bond motifs is 2. The number of hydrogen-bond acceptors (Lipinski definition) is 6. The predicted octanol–water partition coefficient (Wildman–Crippen LogP) is 3.33. The van der Waals surface area contributed by atoms with E-state index in [0.717, 1.165) is 25.1 Å². The topological polar surface area (TPSA) is 79.9 Å². The van der Waals surface area contributed by atoms with Crippen LogP contribution in [-0.2, 0) is 22.6 Å². The minimum atomic E-state index is -0.711. The molecule has 7 nitrogen and oxygen atoms in total. The number of ether oxygens (including phenoxy) is 2. The van der Waals surface area contributed by atoms with Gasteiger partial charge < -0.3 is 20.1 Å². The van der Waals surface area contributed by atoms with Crippen LogP contribution in [-0.4, -0.2) is 36.6 Å². The van der Waals surface area contributed by atoms with E-state index in [1.165, 1.54) is 11.1 Å². The van der Waals surface area contributed by atoms with Gasteiger partial charge in [0.15, 0.2) is 11.5 Å². The highest BCUT2D eigenvalue weighted by molar-refractivity contribution is 7.08. The molecule has 2 aliphatic heterocycles. The molecule has 8 heteroatoms. The van der Waals surface area contributed by atoms with E-state index in [1.54, 1.807) is 29.5 Å². The summed E-state index contributed by atoms with van der Waals surface area (Å²) in [5.74, 6) is -0.211. The first-order valence-electron chi connectivity index (χ1n) is 10.5. The third kappa shape index (κ3) is 4.32. The van der Waals surface area contributed by atoms with Gasteiger partial charge in [-0.1, -0.05) is 24.3 Å². The van der Waals surface area contributed by atoms with Gasteiger partial charge in [-0.2, -0.15) is 11.3 Å². The van der Waals surface area contributed by atoms with E-state index in [2.05, 4.69) is 51.2 Å². The number of thiophene rings is 1. The van der Waals surface area contributed by atoms with Crippen molar-refractivity contribution < 1.29 is 19.1 Å². The Kier molecular flexibility index (Phi) is 5.79. The number of nitrogens with one attached hydrogen (secondary N) is 2. The highest BCUT2D eigenvalue weighted by atomic mass is 32.1. The van der Waals surface area contributed by atoms with Gasteiger partial charge in [0.2, 0.25) is 6.79 Å². The van der Waals surface area contributed by atoms with E-state index in [9.17, 15) is 9.59 Å². The first-order valence-corrected chi connectivity index (χ1v) is 11.4. The van der Waals surface area contributed by atoms with Gasteiger partial charge in [-0.25, -0.2) is 0 Å². The summed E-state index contributed by atoms with van der Waals surface area (Å²) in [6.07, 6.45) is 0.968. The molecule has 0 saturated carbocycles. The SMILES string of the molecule is O=C(NC[C@@H](c1ccsc1)N1CCc2ccccc2C1)C(=O)Nc1ccc2c(c1)OCO2. The van der Waals surface area contributed by atoms with Crippen molar-refractivity contribution in [2.75, 3.05) is 25.2 Å². The fourth-order valence-electron chi connectivity index (χ4n) is 4.14. The molecule has 0 unspecified atom stereocenters. The van der Waals surface area contributed by atoms with E-state index in [4.69, 9.17) is 9.47 Å². The molecule has 0 aliphatic carbocycles. The maximum Gasteiger partial charge on any atom is 0.313 e. The van der Waals surface area contributed by atoms with Crippen molar-refractivity contribution in [2.45, 2.75) is 19.0 Å². The second-order valence-corrected chi connectivity index (χ2v) is 8.57. The second kappa shape index (κ2) is 9.02. The molecule has 164 valence electrons. The molecule has 3 aromatic rings. The number of nitrogens with zero attached hydrogens (tertiary/aromatic N) is 1. The van der Waals surface area contributed by atoms with E-state index >= 15 is 0 Å². The van der Waals surface area contributed by atoms with Crippen molar-refractivity contribution in [3.63, 3.8) is 0 Å². The molecule has 2 N–H and O–H groups in total. The Hall–Kier alpha value is -3.36. The fourth-order valence-corrected chi connectivity index (χ4v) is 4.84. The molecule has 3 heterocycles. The number of benzene rings is 2. The minimum absolute atomic E-state index is 0.00287. The molecule has 2 amide bonds. The molecule has 0 bridgehead atoms. The van der Waals surface area contributed by atoms with Gasteiger partial charge in [0.05, 0.1) is 6.04 Å². The quantitative estimate of drug-likeness (QED) is 0.584. The Bertz CT molecular complexity index is 1130. The van der Waals surface area contributed by atoms with E-state index in [-0.39, 0.29) is 12.8 Å². The molecule has 5 rings (SSSR count). The van der Waals surface area contributed by atoms with Crippen LogP contribution < -0.4 is 20.1 Å². The maximum atomic E-state index is 12.5. The Morgan fingerprint density at radius 2 is 1.88 bits per heavy atom. The number of anilines is 1. The summed E-state index contributed by atoms with van der Waals surface area (Å²) in [5, 5.41) is 9.58. The summed E-state index contributed by atoms with van der Waals surface area (Å²) >= 11 is 1.63. The summed E-state index contributed by atoms with van der Waals surface area (Å²) in [6.45, 7) is 2.22. The number of rotatable bonds is 5. The van der Waals surface area contributed by atoms with Crippen LogP contribution in [0.5, 0.6) is 11.5 Å². The number of amides is 2. The van der Waals surface area contributed by atoms with Gasteiger partial charge in [0.1, 0.15) is 0 Å². The lowest BCUT2D eigenvalue weighted by molar-refractivity contribution is -0.136. The van der Waals surface area contributed by atoms with Crippen LogP contribution in [0.2, 0.25) is 0 Å². The first kappa shape index (κ1) is 20.5.